The smallest absolute Gasteiger partial charge is 0.416 e. The summed E-state index contributed by atoms with van der Waals surface area (Å²) >= 11 is 12.7. The SMILES string of the molecule is CCC(C)n1ncn(-c2ccc(N3CCN(c4ccc(OC[C@H]5CO[C@](Cn6cncn6)(c6ccc(Cl)cc6Cl)O5)cc4)CC3)cc2)c1=O.COCCCC/C(=N\OCCN)c1ccc(C(F)(F)F)cc1. The molecule has 2 fully saturated rings. The first-order valence-electron chi connectivity index (χ1n) is 23.4. The Morgan fingerprint density at radius 2 is 1.58 bits per heavy atom. The number of hydrogen-bond acceptors (Lipinski definition) is 13. The Morgan fingerprint density at radius 3 is 2.18 bits per heavy atom. The van der Waals surface area contributed by atoms with Crippen molar-refractivity contribution in [2.75, 3.05) is 76.1 Å². The predicted molar refractivity (Wildman–Crippen MR) is 267 cm³/mol. The molecule has 2 N–H and O–H groups in total. The van der Waals surface area contributed by atoms with Crippen LogP contribution < -0.4 is 26.0 Å². The fourth-order valence-corrected chi connectivity index (χ4v) is 8.60. The maximum atomic E-state index is 12.8. The summed E-state index contributed by atoms with van der Waals surface area (Å²) < 4.78 is 66.3. The van der Waals surface area contributed by atoms with E-state index in [1.54, 1.807) is 41.1 Å². The standard InChI is InChI=1S/C35H38Cl2N8O4.C15H21F3N2O2/c1-3-25(2)45-34(46)44(24-40-45)29-7-5-27(6-8-29)41-14-16-42(17-15-41)28-9-11-30(12-10-28)47-19-31-20-48-35(49-31,21-43-23-38-22-39-43)32-13-4-26(36)18-33(32)37;1-21-10-3-2-4-14(20-22-11-9-19)12-5-7-13(8-6-12)15(16,17)18/h4-13,18,22-25,31H,3,14-17,19-21H2,1-2H3;5-8H,2-4,9-11,19H2,1H3/b;20-14+/t25?,31-,35-;/m0./s1. The molecule has 2 aliphatic rings. The lowest BCUT2D eigenvalue weighted by Crippen LogP contribution is -2.46. The lowest BCUT2D eigenvalue weighted by molar-refractivity contribution is -0.190. The van der Waals surface area contributed by atoms with Gasteiger partial charge in [-0.25, -0.2) is 23.7 Å². The van der Waals surface area contributed by atoms with Crippen molar-refractivity contribution in [2.24, 2.45) is 10.9 Å². The highest BCUT2D eigenvalue weighted by Crippen LogP contribution is 2.40. The van der Waals surface area contributed by atoms with E-state index >= 15 is 0 Å². The van der Waals surface area contributed by atoms with Gasteiger partial charge in [0.15, 0.2) is 0 Å². The molecule has 21 heteroatoms. The van der Waals surface area contributed by atoms with Gasteiger partial charge in [0, 0.05) is 68.4 Å². The molecule has 16 nitrogen and oxygen atoms in total. The number of anilines is 2. The Morgan fingerprint density at radius 1 is 0.901 bits per heavy atom. The van der Waals surface area contributed by atoms with Gasteiger partial charge < -0.3 is 39.3 Å². The molecule has 1 unspecified atom stereocenters. The number of unbranched alkanes of at least 4 members (excludes halogenated alkanes) is 1. The van der Waals surface area contributed by atoms with Crippen LogP contribution in [0.2, 0.25) is 10.0 Å². The second-order valence-electron chi connectivity index (χ2n) is 17.0. The van der Waals surface area contributed by atoms with Crippen LogP contribution in [0, 0.1) is 0 Å². The number of rotatable bonds is 20. The lowest BCUT2D eigenvalue weighted by atomic mass is 10.0. The molecule has 0 saturated carbocycles. The maximum absolute atomic E-state index is 12.8. The monoisotopic (exact) mass is 1020 g/mol. The highest BCUT2D eigenvalue weighted by atomic mass is 35.5. The number of oxime groups is 1. The van der Waals surface area contributed by atoms with Crippen LogP contribution in [0.4, 0.5) is 24.5 Å². The van der Waals surface area contributed by atoms with E-state index < -0.39 is 17.5 Å². The first-order chi connectivity index (χ1) is 34.3. The summed E-state index contributed by atoms with van der Waals surface area (Å²) in [5.41, 5.74) is 9.51. The maximum Gasteiger partial charge on any atom is 0.416 e. The molecule has 0 radical (unpaired) electrons. The third kappa shape index (κ3) is 13.9. The van der Waals surface area contributed by atoms with Crippen molar-refractivity contribution in [2.45, 2.75) is 70.2 Å². The summed E-state index contributed by atoms with van der Waals surface area (Å²) in [4.78, 5) is 26.7. The Bertz CT molecular complexity index is 2660. The van der Waals surface area contributed by atoms with E-state index in [-0.39, 0.29) is 31.0 Å². The van der Waals surface area contributed by atoms with Gasteiger partial charge in [0.2, 0.25) is 5.79 Å². The molecule has 2 aliphatic heterocycles. The van der Waals surface area contributed by atoms with Gasteiger partial charge in [0.1, 0.15) is 50.6 Å². The lowest BCUT2D eigenvalue weighted by Gasteiger charge is -2.37. The minimum atomic E-state index is -4.34. The van der Waals surface area contributed by atoms with E-state index in [9.17, 15) is 18.0 Å². The van der Waals surface area contributed by atoms with Crippen molar-refractivity contribution in [3.63, 3.8) is 0 Å². The average Bonchev–Trinajstić information content (AvgIpc) is 4.15. The van der Waals surface area contributed by atoms with E-state index in [4.69, 9.17) is 52.7 Å². The number of benzene rings is 4. The molecule has 0 aliphatic carbocycles. The summed E-state index contributed by atoms with van der Waals surface area (Å²) in [6, 6.07) is 26.5. The fourth-order valence-electron chi connectivity index (χ4n) is 8.05. The van der Waals surface area contributed by atoms with Crippen LogP contribution in [0.1, 0.15) is 62.3 Å². The normalized spacial score (nSPS) is 17.8. The zero-order chi connectivity index (χ0) is 50.4. The zero-order valence-electron chi connectivity index (χ0n) is 39.9. The second-order valence-corrected chi connectivity index (χ2v) is 17.8. The van der Waals surface area contributed by atoms with Crippen LogP contribution >= 0.6 is 23.2 Å². The summed E-state index contributed by atoms with van der Waals surface area (Å²) in [5, 5.41) is 13.5. The summed E-state index contributed by atoms with van der Waals surface area (Å²) in [5.74, 6) is -0.410. The van der Waals surface area contributed by atoms with Gasteiger partial charge >= 0.3 is 11.9 Å². The molecule has 6 aromatic rings. The topological polar surface area (TPSA) is 162 Å². The number of aromatic nitrogens is 6. The van der Waals surface area contributed by atoms with Crippen molar-refractivity contribution >= 4 is 40.3 Å². The van der Waals surface area contributed by atoms with E-state index in [0.29, 0.717) is 59.7 Å². The van der Waals surface area contributed by atoms with Gasteiger partial charge in [0.25, 0.3) is 0 Å². The van der Waals surface area contributed by atoms with Crippen LogP contribution in [-0.4, -0.2) is 107 Å². The molecular weight excluding hydrogens is 965 g/mol. The summed E-state index contributed by atoms with van der Waals surface area (Å²) in [7, 11) is 1.62. The van der Waals surface area contributed by atoms with Crippen LogP contribution in [0.15, 0.2) is 120 Å². The molecule has 2 saturated heterocycles. The van der Waals surface area contributed by atoms with Gasteiger partial charge in [0.05, 0.1) is 34.6 Å². The highest BCUT2D eigenvalue weighted by Gasteiger charge is 2.46. The van der Waals surface area contributed by atoms with E-state index in [1.807, 2.05) is 44.2 Å². The third-order valence-electron chi connectivity index (χ3n) is 12.1. The predicted octanol–water partition coefficient (Wildman–Crippen LogP) is 8.78. The van der Waals surface area contributed by atoms with Crippen LogP contribution in [0.3, 0.4) is 0 Å². The number of alkyl halides is 3. The van der Waals surface area contributed by atoms with E-state index in [0.717, 1.165) is 80.4 Å². The van der Waals surface area contributed by atoms with Crippen LogP contribution in [-0.2, 0) is 37.6 Å². The van der Waals surface area contributed by atoms with E-state index in [2.05, 4.69) is 54.4 Å². The minimum absolute atomic E-state index is 0.0645. The number of halogens is 5. The Hall–Kier alpha value is -5.96. The van der Waals surface area contributed by atoms with Crippen LogP contribution in [0.25, 0.3) is 5.69 Å². The molecule has 0 bridgehead atoms. The fraction of sp³-hybridized carbons (Fsp3) is 0.420. The first kappa shape index (κ1) is 52.9. The molecule has 0 spiro atoms. The van der Waals surface area contributed by atoms with Gasteiger partial charge in [-0.05, 0) is 111 Å². The van der Waals surface area contributed by atoms with Crippen molar-refractivity contribution in [3.05, 3.63) is 147 Å². The Balaban J connectivity index is 0.000000284. The zero-order valence-corrected chi connectivity index (χ0v) is 41.4. The Labute approximate surface area is 420 Å². The molecule has 0 amide bonds. The quantitative estimate of drug-likeness (QED) is 0.0441. The van der Waals surface area contributed by atoms with Crippen molar-refractivity contribution in [3.8, 4) is 11.4 Å². The summed E-state index contributed by atoms with van der Waals surface area (Å²) in [6.45, 7) is 9.70. The van der Waals surface area contributed by atoms with Gasteiger partial charge in [-0.1, -0.05) is 53.5 Å². The Kier molecular flexibility index (Phi) is 18.6. The molecular formula is C50H59Cl2F3N10O6. The average molecular weight is 1020 g/mol. The van der Waals surface area contributed by atoms with E-state index in [1.165, 1.54) is 23.1 Å². The van der Waals surface area contributed by atoms with Gasteiger partial charge in [-0.3, -0.25) is 0 Å². The first-order valence-corrected chi connectivity index (χ1v) is 24.2. The molecule has 3 atom stereocenters. The molecule has 4 aromatic carbocycles. The van der Waals surface area contributed by atoms with Crippen molar-refractivity contribution in [1.29, 1.82) is 0 Å². The van der Waals surface area contributed by atoms with Crippen molar-refractivity contribution in [1.82, 2.24) is 29.1 Å². The molecule has 4 heterocycles. The highest BCUT2D eigenvalue weighted by molar-refractivity contribution is 6.35. The van der Waals surface area contributed by atoms with Gasteiger partial charge in [-0.15, -0.1) is 0 Å². The number of nitrogens with two attached hydrogens (primary N) is 1. The number of methoxy groups -OCH3 is 1. The molecule has 8 rings (SSSR count). The number of hydrogen-bond donors (Lipinski definition) is 1. The molecule has 71 heavy (non-hydrogen) atoms. The number of nitrogens with zero attached hydrogens (tertiary/aromatic N) is 9. The van der Waals surface area contributed by atoms with Crippen molar-refractivity contribution < 1.29 is 37.0 Å². The minimum Gasteiger partial charge on any atom is -0.491 e. The largest absolute Gasteiger partial charge is 0.491 e. The second kappa shape index (κ2) is 24.9. The molecule has 2 aromatic heterocycles. The summed E-state index contributed by atoms with van der Waals surface area (Å²) in [6.07, 6.45) is 3.09. The van der Waals surface area contributed by atoms with Gasteiger partial charge in [-0.2, -0.15) is 23.4 Å². The number of ether oxygens (including phenoxy) is 4. The van der Waals surface area contributed by atoms with Crippen LogP contribution in [0.5, 0.6) is 5.75 Å². The number of piperazine rings is 1. The molecule has 380 valence electrons. The third-order valence-corrected chi connectivity index (χ3v) is 12.6.